The molecule has 0 unspecified atom stereocenters. The molecule has 0 fully saturated rings. The van der Waals surface area contributed by atoms with Crippen LogP contribution in [0.5, 0.6) is 0 Å². The second-order valence-corrected chi connectivity index (χ2v) is 37.8. The Bertz CT molecular complexity index is 10300. The highest BCUT2D eigenvalue weighted by atomic mass is 15.0. The Hall–Kier alpha value is -19.1. The number of aromatic nitrogens is 6. The molecule has 0 saturated heterocycles. The van der Waals surface area contributed by atoms with E-state index in [1.807, 2.05) is 0 Å². The lowest BCUT2D eigenvalue weighted by molar-refractivity contribution is 1.18. The number of benzene rings is 24. The standard InChI is InChI=1S/C48H32N2.C46H30N2.C44H28N2/c1-4-12-33(13-5-1)35-20-25-40(26-21-35)50-47-27-22-36(34-14-6-2-7-15-34)30-43(47)44-32-38(24-29-48(44)50)37-23-28-46-42(31-37)41-18-10-11-19-45(41)49(46)39-16-8-3-9-17-39;1-2-11-31(12-3-1)32-21-25-36(26-22-32)47-43-18-8-6-16-38(43)40-29-34(23-27-45(40)47)35-24-28-46-41(30-35)39-17-7-9-19-44(39)48(46)42-20-10-14-33-13-4-5-15-37(33)42;1-2-12-31-26-34(23-20-29(31)10-1)45-41-17-7-5-15-36(41)38-27-32(21-24-43(38)45)33-22-25-44-39(28-33)37-16-6-8-18-42(37)46(44)40-19-9-13-30-11-3-4-14-35(30)40/h1-32H;1-30H;1-28H. The maximum Gasteiger partial charge on any atom is 0.0541 e. The largest absolute Gasteiger partial charge is 0.309 e. The maximum atomic E-state index is 2.43. The number of hydrogen-bond acceptors (Lipinski definition) is 0. The Morgan fingerprint density at radius 2 is 0.292 bits per heavy atom. The van der Waals surface area contributed by atoms with Gasteiger partial charge in [-0.2, -0.15) is 0 Å². The van der Waals surface area contributed by atoms with Gasteiger partial charge in [-0.05, 0) is 264 Å². The van der Waals surface area contributed by atoms with Crippen molar-refractivity contribution in [2.24, 2.45) is 0 Å². The van der Waals surface area contributed by atoms with Crippen LogP contribution in [-0.4, -0.2) is 27.4 Å². The summed E-state index contributed by atoms with van der Waals surface area (Å²) in [5.41, 5.74) is 36.3. The molecule has 672 valence electrons. The fraction of sp³-hybridized carbons (Fsp3) is 0. The minimum atomic E-state index is 1.15. The molecule has 144 heavy (non-hydrogen) atoms. The Morgan fingerprint density at radius 1 is 0.0903 bits per heavy atom. The van der Waals surface area contributed by atoms with E-state index >= 15 is 0 Å². The normalized spacial score (nSPS) is 11.8. The fourth-order valence-corrected chi connectivity index (χ4v) is 23.0. The van der Waals surface area contributed by atoms with Crippen molar-refractivity contribution in [2.45, 2.75) is 0 Å². The monoisotopic (exact) mass is 1830 g/mol. The quantitative estimate of drug-likeness (QED) is 0.117. The lowest BCUT2D eigenvalue weighted by Crippen LogP contribution is -1.95. The van der Waals surface area contributed by atoms with Gasteiger partial charge in [0, 0.05) is 98.2 Å². The molecule has 0 aliphatic heterocycles. The summed E-state index contributed by atoms with van der Waals surface area (Å²) >= 11 is 0. The van der Waals surface area contributed by atoms with Crippen LogP contribution in [0.15, 0.2) is 546 Å². The van der Waals surface area contributed by atoms with E-state index in [2.05, 4.69) is 573 Å². The van der Waals surface area contributed by atoms with E-state index in [0.717, 1.165) is 11.4 Å². The first-order valence-electron chi connectivity index (χ1n) is 49.6. The highest BCUT2D eigenvalue weighted by Gasteiger charge is 2.24. The summed E-state index contributed by atoms with van der Waals surface area (Å²) < 4.78 is 14.4. The molecule has 6 heterocycles. The van der Waals surface area contributed by atoms with E-state index in [9.17, 15) is 0 Å². The summed E-state index contributed by atoms with van der Waals surface area (Å²) in [4.78, 5) is 0. The van der Waals surface area contributed by atoms with Crippen LogP contribution in [-0.2, 0) is 0 Å². The third-order valence-corrected chi connectivity index (χ3v) is 29.7. The first kappa shape index (κ1) is 83.1. The van der Waals surface area contributed by atoms with Gasteiger partial charge in [0.2, 0.25) is 0 Å². The average Bonchev–Trinajstić information content (AvgIpc) is 1.57. The van der Waals surface area contributed by atoms with Gasteiger partial charge in [0.1, 0.15) is 0 Å². The van der Waals surface area contributed by atoms with Crippen LogP contribution >= 0.6 is 0 Å². The van der Waals surface area contributed by atoms with Gasteiger partial charge in [-0.3, -0.25) is 0 Å². The topological polar surface area (TPSA) is 29.6 Å². The second kappa shape index (κ2) is 34.5. The summed E-state index contributed by atoms with van der Waals surface area (Å²) in [5, 5.41) is 22.6. The second-order valence-electron chi connectivity index (χ2n) is 37.8. The van der Waals surface area contributed by atoms with Gasteiger partial charge in [0.05, 0.1) is 77.6 Å². The molecule has 6 aromatic heterocycles. The van der Waals surface area contributed by atoms with E-state index in [1.165, 1.54) is 253 Å². The van der Waals surface area contributed by atoms with E-state index in [0.29, 0.717) is 0 Å². The van der Waals surface area contributed by atoms with Crippen LogP contribution in [0.2, 0.25) is 0 Å². The molecular weight excluding hydrogens is 1740 g/mol. The molecular formula is C138H90N6. The van der Waals surface area contributed by atoms with Crippen molar-refractivity contribution in [2.75, 3.05) is 0 Å². The number of fused-ring (bicyclic) bond motifs is 21. The smallest absolute Gasteiger partial charge is 0.0541 e. The van der Waals surface area contributed by atoms with Crippen LogP contribution in [0, 0.1) is 0 Å². The molecule has 0 bridgehead atoms. The molecule has 0 aliphatic carbocycles. The third-order valence-electron chi connectivity index (χ3n) is 29.7. The molecule has 6 nitrogen and oxygen atoms in total. The Balaban J connectivity index is 0.000000105. The van der Waals surface area contributed by atoms with Crippen molar-refractivity contribution in [3.63, 3.8) is 0 Å². The third kappa shape index (κ3) is 14.0. The predicted octanol–water partition coefficient (Wildman–Crippen LogP) is 37.1. The number of para-hydroxylation sites is 6. The van der Waals surface area contributed by atoms with E-state index in [-0.39, 0.29) is 0 Å². The van der Waals surface area contributed by atoms with Crippen LogP contribution in [0.25, 0.3) is 264 Å². The number of nitrogens with zero attached hydrogens (tertiary/aromatic N) is 6. The zero-order valence-electron chi connectivity index (χ0n) is 78.6. The fourth-order valence-electron chi connectivity index (χ4n) is 23.0. The first-order chi connectivity index (χ1) is 71.4. The summed E-state index contributed by atoms with van der Waals surface area (Å²) in [6.07, 6.45) is 0. The van der Waals surface area contributed by atoms with E-state index < -0.39 is 0 Å². The van der Waals surface area contributed by atoms with E-state index in [1.54, 1.807) is 0 Å². The molecule has 6 heteroatoms. The number of hydrogen-bond donors (Lipinski definition) is 0. The van der Waals surface area contributed by atoms with Crippen molar-refractivity contribution in [3.8, 4) is 101 Å². The van der Waals surface area contributed by atoms with Gasteiger partial charge in [-0.1, -0.05) is 370 Å². The lowest BCUT2D eigenvalue weighted by atomic mass is 9.99. The average molecular weight is 1830 g/mol. The molecule has 24 aromatic carbocycles. The van der Waals surface area contributed by atoms with Gasteiger partial charge < -0.3 is 27.4 Å². The minimum absolute atomic E-state index is 1.15. The van der Waals surface area contributed by atoms with Crippen LogP contribution in [0.1, 0.15) is 0 Å². The van der Waals surface area contributed by atoms with Crippen molar-refractivity contribution in [1.82, 2.24) is 27.4 Å². The van der Waals surface area contributed by atoms with Crippen LogP contribution < -0.4 is 0 Å². The van der Waals surface area contributed by atoms with Gasteiger partial charge in [0.25, 0.3) is 0 Å². The molecule has 30 rings (SSSR count). The Morgan fingerprint density at radius 3 is 0.625 bits per heavy atom. The molecule has 0 spiro atoms. The van der Waals surface area contributed by atoms with Crippen molar-refractivity contribution < 1.29 is 0 Å². The lowest BCUT2D eigenvalue weighted by Gasteiger charge is -2.12. The zero-order valence-corrected chi connectivity index (χ0v) is 78.6. The van der Waals surface area contributed by atoms with Crippen LogP contribution in [0.4, 0.5) is 0 Å². The molecule has 30 aromatic rings. The maximum absolute atomic E-state index is 2.43. The van der Waals surface area contributed by atoms with Crippen molar-refractivity contribution >= 4 is 163 Å². The molecule has 0 aliphatic rings. The highest BCUT2D eigenvalue weighted by Crippen LogP contribution is 2.47. The first-order valence-corrected chi connectivity index (χ1v) is 49.6. The van der Waals surface area contributed by atoms with Crippen molar-refractivity contribution in [1.29, 1.82) is 0 Å². The highest BCUT2D eigenvalue weighted by molar-refractivity contribution is 6.18. The molecule has 0 saturated carbocycles. The van der Waals surface area contributed by atoms with Gasteiger partial charge in [-0.15, -0.1) is 0 Å². The Labute approximate surface area is 831 Å². The zero-order chi connectivity index (χ0) is 94.8. The summed E-state index contributed by atoms with van der Waals surface area (Å²) in [6.45, 7) is 0. The SMILES string of the molecule is c1ccc(-c2ccc(-n3c4ccc(-c5ccccc5)cc4c4cc(-c5ccc6c(c5)c5ccccc5n6-c5ccccc5)ccc43)cc2)cc1.c1ccc(-c2ccc(-n3c4ccccc4c4cc(-c5ccc6c(c5)c5ccccc5n6-c5cccc6ccccc56)ccc43)cc2)cc1.c1ccc2cc(-n3c4ccccc4c4cc(-c5ccc6c(c5)c5ccccc5n6-c5cccc6ccccc56)ccc43)ccc2c1. The number of rotatable bonds is 12. The minimum Gasteiger partial charge on any atom is -0.309 e. The van der Waals surface area contributed by atoms with Crippen LogP contribution in [0.3, 0.4) is 0 Å². The van der Waals surface area contributed by atoms with Gasteiger partial charge >= 0.3 is 0 Å². The molecule has 0 radical (unpaired) electrons. The van der Waals surface area contributed by atoms with Gasteiger partial charge in [-0.25, -0.2) is 0 Å². The summed E-state index contributed by atoms with van der Waals surface area (Å²) in [7, 11) is 0. The molecule has 0 N–H and O–H groups in total. The van der Waals surface area contributed by atoms with Crippen molar-refractivity contribution in [3.05, 3.63) is 546 Å². The molecule has 0 amide bonds. The summed E-state index contributed by atoms with van der Waals surface area (Å²) in [5.74, 6) is 0. The summed E-state index contributed by atoms with van der Waals surface area (Å²) in [6, 6.07) is 199. The van der Waals surface area contributed by atoms with Gasteiger partial charge in [0.15, 0.2) is 0 Å². The predicted molar refractivity (Wildman–Crippen MR) is 610 cm³/mol. The van der Waals surface area contributed by atoms with E-state index in [4.69, 9.17) is 0 Å². The molecule has 0 atom stereocenters. The Kier molecular flexibility index (Phi) is 19.9.